The highest BCUT2D eigenvalue weighted by Gasteiger charge is 2.19. The first-order chi connectivity index (χ1) is 12.3. The van der Waals surface area contributed by atoms with Crippen LogP contribution < -0.4 is 5.32 Å². The normalized spacial score (nSPS) is 18.2. The molecule has 1 heterocycles. The maximum Gasteiger partial charge on any atom is 0.0967 e. The van der Waals surface area contributed by atoms with E-state index in [1.54, 1.807) is 0 Å². The predicted octanol–water partition coefficient (Wildman–Crippen LogP) is 5.66. The topological polar surface area (TPSA) is 24.4 Å². The van der Waals surface area contributed by atoms with Gasteiger partial charge in [-0.2, -0.15) is 0 Å². The molecule has 0 aromatic heterocycles. The largest absolute Gasteiger partial charge is 0.367 e. The molecule has 0 saturated heterocycles. The number of hydrogen-bond donors (Lipinski definition) is 1. The Morgan fingerprint density at radius 2 is 1.68 bits per heavy atom. The van der Waals surface area contributed by atoms with Crippen LogP contribution in [0.1, 0.15) is 68.2 Å². The number of rotatable bonds is 2. The van der Waals surface area contributed by atoms with Crippen molar-refractivity contribution in [1.29, 1.82) is 0 Å². The van der Waals surface area contributed by atoms with Gasteiger partial charge in [0.1, 0.15) is 0 Å². The second kappa shape index (κ2) is 7.43. The van der Waals surface area contributed by atoms with Crippen LogP contribution in [-0.2, 0) is 6.42 Å². The van der Waals surface area contributed by atoms with Crippen molar-refractivity contribution in [2.45, 2.75) is 57.9 Å². The van der Waals surface area contributed by atoms with Crippen LogP contribution in [0.4, 0.5) is 0 Å². The van der Waals surface area contributed by atoms with E-state index in [0.717, 1.165) is 19.4 Å². The first-order valence-electron chi connectivity index (χ1n) is 9.82. The maximum absolute atomic E-state index is 4.82. The van der Waals surface area contributed by atoms with Gasteiger partial charge >= 0.3 is 0 Å². The summed E-state index contributed by atoms with van der Waals surface area (Å²) in [5.74, 6) is 1.21. The number of nitrogens with zero attached hydrogens (tertiary/aromatic N) is 1. The molecule has 0 fully saturated rings. The molecule has 2 aromatic carbocycles. The third-order valence-corrected chi connectivity index (χ3v) is 5.58. The average Bonchev–Trinajstić information content (AvgIpc) is 3.05. The summed E-state index contributed by atoms with van der Waals surface area (Å²) in [5.41, 5.74) is 7.10. The fourth-order valence-corrected chi connectivity index (χ4v) is 4.11. The molecule has 2 aromatic rings. The Morgan fingerprint density at radius 3 is 2.64 bits per heavy atom. The third kappa shape index (κ3) is 3.63. The van der Waals surface area contributed by atoms with Crippen molar-refractivity contribution in [1.82, 2.24) is 5.32 Å². The highest BCUT2D eigenvalue weighted by atomic mass is 15.0. The second-order valence-corrected chi connectivity index (χ2v) is 7.46. The van der Waals surface area contributed by atoms with Gasteiger partial charge in [0.15, 0.2) is 0 Å². The SMILES string of the molecule is CC(NC1=NCCCCCCC1)c1ccc2c(c1)Cc1ccccc1-2. The molecule has 1 unspecified atom stereocenters. The van der Waals surface area contributed by atoms with Gasteiger partial charge in [0.05, 0.1) is 5.84 Å². The zero-order valence-electron chi connectivity index (χ0n) is 15.2. The lowest BCUT2D eigenvalue weighted by Crippen LogP contribution is -2.27. The van der Waals surface area contributed by atoms with Crippen LogP contribution in [0.2, 0.25) is 0 Å². The van der Waals surface area contributed by atoms with Crippen molar-refractivity contribution >= 4 is 5.84 Å². The van der Waals surface area contributed by atoms with Gasteiger partial charge in [-0.1, -0.05) is 61.7 Å². The maximum atomic E-state index is 4.82. The average molecular weight is 332 g/mol. The van der Waals surface area contributed by atoms with Crippen molar-refractivity contribution in [3.63, 3.8) is 0 Å². The van der Waals surface area contributed by atoms with E-state index in [1.807, 2.05) is 0 Å². The smallest absolute Gasteiger partial charge is 0.0967 e. The van der Waals surface area contributed by atoms with Crippen LogP contribution in [0.15, 0.2) is 47.5 Å². The summed E-state index contributed by atoms with van der Waals surface area (Å²) in [5, 5.41) is 3.69. The first kappa shape index (κ1) is 16.4. The summed E-state index contributed by atoms with van der Waals surface area (Å²) < 4.78 is 0. The lowest BCUT2D eigenvalue weighted by atomic mass is 10.00. The Balaban J connectivity index is 1.49. The Labute approximate surface area is 151 Å². The molecule has 0 bridgehead atoms. The van der Waals surface area contributed by atoms with Gasteiger partial charge in [-0.15, -0.1) is 0 Å². The van der Waals surface area contributed by atoms with Gasteiger partial charge in [0, 0.05) is 19.0 Å². The van der Waals surface area contributed by atoms with Gasteiger partial charge in [0.25, 0.3) is 0 Å². The van der Waals surface area contributed by atoms with Crippen molar-refractivity contribution in [3.05, 3.63) is 59.2 Å². The van der Waals surface area contributed by atoms with Crippen LogP contribution in [-0.4, -0.2) is 12.4 Å². The first-order valence-corrected chi connectivity index (χ1v) is 9.82. The Kier molecular flexibility index (Phi) is 4.87. The number of nitrogens with one attached hydrogen (secondary N) is 1. The van der Waals surface area contributed by atoms with E-state index in [4.69, 9.17) is 4.99 Å². The molecule has 0 radical (unpaired) electrons. The molecule has 25 heavy (non-hydrogen) atoms. The van der Waals surface area contributed by atoms with Crippen molar-refractivity contribution < 1.29 is 0 Å². The number of benzene rings is 2. The van der Waals surface area contributed by atoms with Gasteiger partial charge in [0.2, 0.25) is 0 Å². The summed E-state index contributed by atoms with van der Waals surface area (Å²) in [6, 6.07) is 16.1. The summed E-state index contributed by atoms with van der Waals surface area (Å²) in [4.78, 5) is 4.82. The summed E-state index contributed by atoms with van der Waals surface area (Å²) >= 11 is 0. The van der Waals surface area contributed by atoms with Gasteiger partial charge < -0.3 is 5.32 Å². The molecule has 0 amide bonds. The Hall–Kier alpha value is -2.09. The summed E-state index contributed by atoms with van der Waals surface area (Å²) in [6.45, 7) is 3.24. The minimum atomic E-state index is 0.313. The fraction of sp³-hybridized carbons (Fsp3) is 0.435. The molecular weight excluding hydrogens is 304 g/mol. The van der Waals surface area contributed by atoms with E-state index in [0.29, 0.717) is 6.04 Å². The molecule has 1 atom stereocenters. The van der Waals surface area contributed by atoms with Gasteiger partial charge in [-0.25, -0.2) is 0 Å². The monoisotopic (exact) mass is 332 g/mol. The molecule has 0 saturated carbocycles. The Morgan fingerprint density at radius 1 is 0.880 bits per heavy atom. The standard InChI is InChI=1S/C23H28N2/c1-17(25-23-11-5-3-2-4-8-14-24-23)18-12-13-22-20(15-18)16-19-9-6-7-10-21(19)22/h6-7,9-10,12-13,15,17H,2-5,8,11,14,16H2,1H3,(H,24,25). The molecule has 2 aliphatic rings. The van der Waals surface area contributed by atoms with E-state index >= 15 is 0 Å². The molecule has 2 heteroatoms. The van der Waals surface area contributed by atoms with E-state index < -0.39 is 0 Å². The quantitative estimate of drug-likeness (QED) is 0.643. The lowest BCUT2D eigenvalue weighted by Gasteiger charge is -2.18. The molecule has 1 aliphatic carbocycles. The molecule has 4 rings (SSSR count). The molecule has 1 aliphatic heterocycles. The van der Waals surface area contributed by atoms with E-state index in [9.17, 15) is 0 Å². The fourth-order valence-electron chi connectivity index (χ4n) is 4.11. The number of fused-ring (bicyclic) bond motifs is 3. The summed E-state index contributed by atoms with van der Waals surface area (Å²) in [7, 11) is 0. The number of aliphatic imine (C=N–C) groups is 1. The zero-order valence-corrected chi connectivity index (χ0v) is 15.2. The van der Waals surface area contributed by atoms with Crippen molar-refractivity contribution in [2.24, 2.45) is 4.99 Å². The third-order valence-electron chi connectivity index (χ3n) is 5.58. The van der Waals surface area contributed by atoms with Crippen LogP contribution in [0.3, 0.4) is 0 Å². The highest BCUT2D eigenvalue weighted by Crippen LogP contribution is 2.37. The molecule has 1 N–H and O–H groups in total. The molecule has 0 spiro atoms. The van der Waals surface area contributed by atoms with Crippen LogP contribution in [0, 0.1) is 0 Å². The van der Waals surface area contributed by atoms with Gasteiger partial charge in [-0.3, -0.25) is 4.99 Å². The highest BCUT2D eigenvalue weighted by molar-refractivity contribution is 5.83. The van der Waals surface area contributed by atoms with E-state index in [2.05, 4.69) is 54.7 Å². The number of amidine groups is 1. The van der Waals surface area contributed by atoms with E-state index in [-0.39, 0.29) is 0 Å². The van der Waals surface area contributed by atoms with Crippen LogP contribution >= 0.6 is 0 Å². The molecule has 2 nitrogen and oxygen atoms in total. The summed E-state index contributed by atoms with van der Waals surface area (Å²) in [6.07, 6.45) is 8.69. The number of hydrogen-bond acceptors (Lipinski definition) is 2. The second-order valence-electron chi connectivity index (χ2n) is 7.46. The zero-order chi connectivity index (χ0) is 17.1. The predicted molar refractivity (Wildman–Crippen MR) is 106 cm³/mol. The molecule has 130 valence electrons. The lowest BCUT2D eigenvalue weighted by molar-refractivity contribution is 0.636. The minimum absolute atomic E-state index is 0.313. The van der Waals surface area contributed by atoms with Crippen molar-refractivity contribution in [2.75, 3.05) is 6.54 Å². The van der Waals surface area contributed by atoms with Gasteiger partial charge in [-0.05, 0) is 54.0 Å². The molecular formula is C23H28N2. The van der Waals surface area contributed by atoms with Crippen molar-refractivity contribution in [3.8, 4) is 11.1 Å². The van der Waals surface area contributed by atoms with Crippen LogP contribution in [0.25, 0.3) is 11.1 Å². The Bertz CT molecular complexity index is 775. The van der Waals surface area contributed by atoms with Crippen LogP contribution in [0.5, 0.6) is 0 Å². The minimum Gasteiger partial charge on any atom is -0.367 e. The van der Waals surface area contributed by atoms with E-state index in [1.165, 1.54) is 65.8 Å².